The number of hydrogen-bond acceptors (Lipinski definition) is 2. The van der Waals surface area contributed by atoms with E-state index in [1.54, 1.807) is 4.90 Å². The van der Waals surface area contributed by atoms with Gasteiger partial charge in [-0.3, -0.25) is 4.79 Å². The summed E-state index contributed by atoms with van der Waals surface area (Å²) < 4.78 is 13.4. The molecular weight excluding hydrogens is 255 g/mol. The molecule has 0 aliphatic rings. The second-order valence-electron chi connectivity index (χ2n) is 4.61. The number of carbonyl (C=O) groups excluding carboxylic acids is 1. The Morgan fingerprint density at radius 1 is 1.25 bits per heavy atom. The van der Waals surface area contributed by atoms with Gasteiger partial charge in [-0.05, 0) is 43.7 Å². The van der Waals surface area contributed by atoms with Crippen LogP contribution in [0.25, 0.3) is 0 Å². The summed E-state index contributed by atoms with van der Waals surface area (Å²) in [6, 6.07) is 11.5. The standard InChI is InChI=1S/C16H17FN2O/c1-3-19(15-7-5-4-6-11(15)2)16(20)12-8-13(17)10-14(18)9-12/h4-10H,3,18H2,1-2H3. The zero-order valence-electron chi connectivity index (χ0n) is 11.6. The van der Waals surface area contributed by atoms with Gasteiger partial charge >= 0.3 is 0 Å². The number of nitrogens with two attached hydrogens (primary N) is 1. The average Bonchev–Trinajstić information content (AvgIpc) is 2.40. The number of carbonyl (C=O) groups is 1. The Morgan fingerprint density at radius 2 is 1.95 bits per heavy atom. The average molecular weight is 272 g/mol. The van der Waals surface area contributed by atoms with Crippen molar-refractivity contribution < 1.29 is 9.18 Å². The molecule has 2 aromatic rings. The molecule has 0 radical (unpaired) electrons. The van der Waals surface area contributed by atoms with Crippen molar-refractivity contribution in [2.45, 2.75) is 13.8 Å². The minimum Gasteiger partial charge on any atom is -0.399 e. The SMILES string of the molecule is CCN(C(=O)c1cc(N)cc(F)c1)c1ccccc1C. The van der Waals surface area contributed by atoms with Gasteiger partial charge in [-0.1, -0.05) is 18.2 Å². The van der Waals surface area contributed by atoms with E-state index in [1.165, 1.54) is 18.2 Å². The number of nitrogen functional groups attached to an aromatic ring is 1. The monoisotopic (exact) mass is 272 g/mol. The smallest absolute Gasteiger partial charge is 0.258 e. The molecule has 0 unspecified atom stereocenters. The maximum atomic E-state index is 13.4. The molecule has 0 bridgehead atoms. The van der Waals surface area contributed by atoms with E-state index in [2.05, 4.69) is 0 Å². The molecule has 20 heavy (non-hydrogen) atoms. The van der Waals surface area contributed by atoms with Gasteiger partial charge in [-0.2, -0.15) is 0 Å². The number of hydrogen-bond donors (Lipinski definition) is 1. The van der Waals surface area contributed by atoms with Gasteiger partial charge in [0.05, 0.1) is 0 Å². The Balaban J connectivity index is 2.42. The molecule has 104 valence electrons. The highest BCUT2D eigenvalue weighted by Crippen LogP contribution is 2.22. The molecule has 0 spiro atoms. The zero-order valence-corrected chi connectivity index (χ0v) is 11.6. The molecule has 0 aliphatic heterocycles. The predicted molar refractivity (Wildman–Crippen MR) is 79.3 cm³/mol. The molecule has 2 N–H and O–H groups in total. The third kappa shape index (κ3) is 2.79. The van der Waals surface area contributed by atoms with Crippen molar-refractivity contribution in [1.29, 1.82) is 0 Å². The Hall–Kier alpha value is -2.36. The molecule has 3 nitrogen and oxygen atoms in total. The molecule has 4 heteroatoms. The third-order valence-electron chi connectivity index (χ3n) is 3.13. The summed E-state index contributed by atoms with van der Waals surface area (Å²) in [4.78, 5) is 14.2. The molecule has 0 atom stereocenters. The van der Waals surface area contributed by atoms with Gasteiger partial charge < -0.3 is 10.6 Å². The van der Waals surface area contributed by atoms with Crippen LogP contribution in [0, 0.1) is 12.7 Å². The van der Waals surface area contributed by atoms with Crippen LogP contribution >= 0.6 is 0 Å². The van der Waals surface area contributed by atoms with Gasteiger partial charge in [-0.15, -0.1) is 0 Å². The van der Waals surface area contributed by atoms with Crippen LogP contribution in [0.1, 0.15) is 22.8 Å². The van der Waals surface area contributed by atoms with E-state index in [1.807, 2.05) is 38.1 Å². The first-order valence-electron chi connectivity index (χ1n) is 6.46. The van der Waals surface area contributed by atoms with Crippen LogP contribution in [0.3, 0.4) is 0 Å². The highest BCUT2D eigenvalue weighted by molar-refractivity contribution is 6.06. The predicted octanol–water partition coefficient (Wildman–Crippen LogP) is 3.38. The second kappa shape index (κ2) is 5.74. The first-order valence-corrected chi connectivity index (χ1v) is 6.46. The van der Waals surface area contributed by atoms with Crippen LogP contribution in [0.15, 0.2) is 42.5 Å². The lowest BCUT2D eigenvalue weighted by atomic mass is 10.1. The molecule has 0 aliphatic carbocycles. The van der Waals surface area contributed by atoms with E-state index in [4.69, 9.17) is 5.73 Å². The molecule has 0 saturated heterocycles. The molecule has 0 saturated carbocycles. The molecule has 1 amide bonds. The number of nitrogens with zero attached hydrogens (tertiary/aromatic N) is 1. The summed E-state index contributed by atoms with van der Waals surface area (Å²) in [5, 5.41) is 0. The van der Waals surface area contributed by atoms with Crippen LogP contribution in [-0.4, -0.2) is 12.5 Å². The lowest BCUT2D eigenvalue weighted by Gasteiger charge is -2.23. The number of anilines is 2. The van der Waals surface area contributed by atoms with Gasteiger partial charge in [0.25, 0.3) is 5.91 Å². The van der Waals surface area contributed by atoms with E-state index in [0.717, 1.165) is 11.3 Å². The van der Waals surface area contributed by atoms with E-state index < -0.39 is 5.82 Å². The Bertz CT molecular complexity index is 620. The number of para-hydroxylation sites is 1. The van der Waals surface area contributed by atoms with Crippen molar-refractivity contribution in [3.8, 4) is 0 Å². The fraction of sp³-hybridized carbons (Fsp3) is 0.188. The van der Waals surface area contributed by atoms with Gasteiger partial charge in [0.2, 0.25) is 0 Å². The van der Waals surface area contributed by atoms with Crippen LogP contribution in [0.5, 0.6) is 0 Å². The molecular formula is C16H17FN2O. The van der Waals surface area contributed by atoms with E-state index in [-0.39, 0.29) is 17.2 Å². The van der Waals surface area contributed by atoms with E-state index in [0.29, 0.717) is 6.54 Å². The van der Waals surface area contributed by atoms with Crippen LogP contribution in [-0.2, 0) is 0 Å². The number of benzene rings is 2. The summed E-state index contributed by atoms with van der Waals surface area (Å²) in [5.41, 5.74) is 7.91. The first-order chi connectivity index (χ1) is 9.52. The van der Waals surface area contributed by atoms with Gasteiger partial charge in [0.15, 0.2) is 0 Å². The lowest BCUT2D eigenvalue weighted by Crippen LogP contribution is -2.31. The lowest BCUT2D eigenvalue weighted by molar-refractivity contribution is 0.0987. The van der Waals surface area contributed by atoms with Crippen LogP contribution in [0.4, 0.5) is 15.8 Å². The maximum absolute atomic E-state index is 13.4. The number of amides is 1. The van der Waals surface area contributed by atoms with Crippen molar-refractivity contribution in [3.63, 3.8) is 0 Å². The van der Waals surface area contributed by atoms with Crippen LogP contribution < -0.4 is 10.6 Å². The summed E-state index contributed by atoms with van der Waals surface area (Å²) in [6.45, 7) is 4.32. The first kappa shape index (κ1) is 14.1. The zero-order chi connectivity index (χ0) is 14.7. The van der Waals surface area contributed by atoms with Gasteiger partial charge in [-0.25, -0.2) is 4.39 Å². The molecule has 2 rings (SSSR count). The topological polar surface area (TPSA) is 46.3 Å². The van der Waals surface area contributed by atoms with Crippen LogP contribution in [0.2, 0.25) is 0 Å². The second-order valence-corrected chi connectivity index (χ2v) is 4.61. The molecule has 2 aromatic carbocycles. The minimum absolute atomic E-state index is 0.245. The Kier molecular flexibility index (Phi) is 4.03. The normalized spacial score (nSPS) is 10.3. The van der Waals surface area contributed by atoms with E-state index in [9.17, 15) is 9.18 Å². The number of rotatable bonds is 3. The van der Waals surface area contributed by atoms with Crippen molar-refractivity contribution in [2.75, 3.05) is 17.2 Å². The summed E-state index contributed by atoms with van der Waals surface area (Å²) in [7, 11) is 0. The molecule has 0 aromatic heterocycles. The molecule has 0 fully saturated rings. The highest BCUT2D eigenvalue weighted by Gasteiger charge is 2.18. The maximum Gasteiger partial charge on any atom is 0.258 e. The number of halogens is 1. The third-order valence-corrected chi connectivity index (χ3v) is 3.13. The Labute approximate surface area is 117 Å². The number of aryl methyl sites for hydroxylation is 1. The van der Waals surface area contributed by atoms with Gasteiger partial charge in [0.1, 0.15) is 5.82 Å². The van der Waals surface area contributed by atoms with Gasteiger partial charge in [0, 0.05) is 23.5 Å². The Morgan fingerprint density at radius 3 is 2.55 bits per heavy atom. The fourth-order valence-electron chi connectivity index (χ4n) is 2.18. The summed E-state index contributed by atoms with van der Waals surface area (Å²) >= 11 is 0. The molecule has 0 heterocycles. The van der Waals surface area contributed by atoms with E-state index >= 15 is 0 Å². The largest absolute Gasteiger partial charge is 0.399 e. The van der Waals surface area contributed by atoms with Crippen molar-refractivity contribution in [1.82, 2.24) is 0 Å². The van der Waals surface area contributed by atoms with Crippen molar-refractivity contribution in [2.24, 2.45) is 0 Å². The quantitative estimate of drug-likeness (QED) is 0.871. The fourth-order valence-corrected chi connectivity index (χ4v) is 2.18. The van der Waals surface area contributed by atoms with Crippen molar-refractivity contribution >= 4 is 17.3 Å². The highest BCUT2D eigenvalue weighted by atomic mass is 19.1. The summed E-state index contributed by atoms with van der Waals surface area (Å²) in [5.74, 6) is -0.762. The van der Waals surface area contributed by atoms with Crippen molar-refractivity contribution in [3.05, 3.63) is 59.4 Å². The minimum atomic E-state index is -0.505. The summed E-state index contributed by atoms with van der Waals surface area (Å²) in [6.07, 6.45) is 0.